The van der Waals surface area contributed by atoms with Crippen molar-refractivity contribution in [2.45, 2.75) is 56.6 Å². The van der Waals surface area contributed by atoms with Crippen molar-refractivity contribution >= 4 is 33.3 Å². The number of nitrogens with zero attached hydrogens (tertiary/aromatic N) is 5. The van der Waals surface area contributed by atoms with Gasteiger partial charge in [-0.3, -0.25) is 9.69 Å². The summed E-state index contributed by atoms with van der Waals surface area (Å²) in [6.07, 6.45) is 3.17. The van der Waals surface area contributed by atoms with E-state index in [1.807, 2.05) is 11.4 Å². The lowest BCUT2D eigenvalue weighted by molar-refractivity contribution is 0.270. The topological polar surface area (TPSA) is 79.7 Å². The van der Waals surface area contributed by atoms with Gasteiger partial charge in [-0.1, -0.05) is 32.0 Å². The highest BCUT2D eigenvalue weighted by Gasteiger charge is 2.22. The lowest BCUT2D eigenvalue weighted by Crippen LogP contribution is -2.23. The molecular formula is C18H26N6OS2. The molecule has 9 heteroatoms. The predicted octanol–water partition coefficient (Wildman–Crippen LogP) is 3.68. The number of rotatable bonds is 9. The van der Waals surface area contributed by atoms with Crippen LogP contribution in [0, 0.1) is 0 Å². The Morgan fingerprint density at radius 3 is 2.85 bits per heavy atom. The second-order valence-corrected chi connectivity index (χ2v) is 8.53. The average molecular weight is 407 g/mol. The van der Waals surface area contributed by atoms with Crippen molar-refractivity contribution in [2.24, 2.45) is 0 Å². The van der Waals surface area contributed by atoms with E-state index in [0.717, 1.165) is 42.3 Å². The van der Waals surface area contributed by atoms with Crippen LogP contribution in [-0.2, 0) is 12.3 Å². The molecule has 3 rings (SSSR count). The van der Waals surface area contributed by atoms with Crippen molar-refractivity contribution in [2.75, 3.05) is 14.1 Å². The van der Waals surface area contributed by atoms with Crippen LogP contribution in [0.25, 0.3) is 10.2 Å². The molecule has 27 heavy (non-hydrogen) atoms. The summed E-state index contributed by atoms with van der Waals surface area (Å²) in [4.78, 5) is 21.8. The molecule has 0 aliphatic rings. The van der Waals surface area contributed by atoms with Crippen molar-refractivity contribution in [1.29, 1.82) is 0 Å². The summed E-state index contributed by atoms with van der Waals surface area (Å²) in [6, 6.07) is 2.12. The molecule has 7 nitrogen and oxygen atoms in total. The van der Waals surface area contributed by atoms with Gasteiger partial charge in [0.25, 0.3) is 5.56 Å². The van der Waals surface area contributed by atoms with E-state index in [1.54, 1.807) is 11.8 Å². The first-order valence-electron chi connectivity index (χ1n) is 9.23. The molecule has 1 N–H and O–H groups in total. The molecule has 0 aliphatic carbocycles. The van der Waals surface area contributed by atoms with E-state index in [9.17, 15) is 4.79 Å². The van der Waals surface area contributed by atoms with Crippen LogP contribution in [0.2, 0.25) is 0 Å². The largest absolute Gasteiger partial charge is 0.309 e. The Labute approximate surface area is 167 Å². The van der Waals surface area contributed by atoms with Gasteiger partial charge in [-0.2, -0.15) is 0 Å². The summed E-state index contributed by atoms with van der Waals surface area (Å²) in [6.45, 7) is 5.25. The Bertz CT molecular complexity index is 945. The smallest absolute Gasteiger partial charge is 0.268 e. The number of hydrogen-bond donors (Lipinski definition) is 1. The summed E-state index contributed by atoms with van der Waals surface area (Å²) in [5.74, 6) is 2.24. The van der Waals surface area contributed by atoms with Gasteiger partial charge in [0.05, 0.1) is 17.3 Å². The number of thioether (sulfide) groups is 1. The average Bonchev–Trinajstić information content (AvgIpc) is 3.26. The first kappa shape index (κ1) is 20.0. The van der Waals surface area contributed by atoms with Gasteiger partial charge in [-0.25, -0.2) is 4.98 Å². The Morgan fingerprint density at radius 2 is 2.15 bits per heavy atom. The van der Waals surface area contributed by atoms with Crippen molar-refractivity contribution < 1.29 is 0 Å². The second kappa shape index (κ2) is 8.99. The first-order valence-corrected chi connectivity index (χ1v) is 11.1. The van der Waals surface area contributed by atoms with Gasteiger partial charge in [-0.05, 0) is 38.4 Å². The summed E-state index contributed by atoms with van der Waals surface area (Å²) < 4.78 is 2.90. The van der Waals surface area contributed by atoms with Crippen LogP contribution in [0.15, 0.2) is 21.4 Å². The quantitative estimate of drug-likeness (QED) is 0.546. The third-order valence-corrected chi connectivity index (χ3v) is 6.37. The van der Waals surface area contributed by atoms with Gasteiger partial charge in [0.15, 0.2) is 11.0 Å². The normalized spacial score (nSPS) is 12.9. The highest BCUT2D eigenvalue weighted by molar-refractivity contribution is 7.98. The molecule has 0 amide bonds. The molecule has 3 aromatic heterocycles. The van der Waals surface area contributed by atoms with Crippen LogP contribution in [0.4, 0.5) is 0 Å². The molecule has 3 heterocycles. The third-order valence-electron chi connectivity index (χ3n) is 4.49. The van der Waals surface area contributed by atoms with Crippen LogP contribution in [-0.4, -0.2) is 43.7 Å². The molecule has 0 saturated carbocycles. The van der Waals surface area contributed by atoms with E-state index in [1.165, 1.54) is 11.3 Å². The standard InChI is InChI=1S/C18H26N6OS2/c1-5-7-9-24-16(13(6-2)23(3)4)21-22-18(24)27-11-14-19-12-8-10-26-15(12)17(25)20-14/h8,10,13H,5-7,9,11H2,1-4H3,(H,19,20,25)/t13-/m1/s1. The minimum absolute atomic E-state index is 0.0719. The number of fused-ring (bicyclic) bond motifs is 1. The minimum atomic E-state index is -0.0719. The predicted molar refractivity (Wildman–Crippen MR) is 111 cm³/mol. The van der Waals surface area contributed by atoms with E-state index in [-0.39, 0.29) is 11.6 Å². The molecule has 0 spiro atoms. The van der Waals surface area contributed by atoms with Crippen molar-refractivity contribution in [1.82, 2.24) is 29.6 Å². The lowest BCUT2D eigenvalue weighted by Gasteiger charge is -2.23. The molecule has 0 aliphatic heterocycles. The summed E-state index contributed by atoms with van der Waals surface area (Å²) in [5.41, 5.74) is 0.684. The Morgan fingerprint density at radius 1 is 1.33 bits per heavy atom. The van der Waals surface area contributed by atoms with Gasteiger partial charge in [-0.15, -0.1) is 21.5 Å². The van der Waals surface area contributed by atoms with Gasteiger partial charge in [0.2, 0.25) is 0 Å². The fourth-order valence-electron chi connectivity index (χ4n) is 3.08. The molecule has 0 unspecified atom stereocenters. The van der Waals surface area contributed by atoms with E-state index in [4.69, 9.17) is 0 Å². The summed E-state index contributed by atoms with van der Waals surface area (Å²) in [7, 11) is 4.15. The highest BCUT2D eigenvalue weighted by Crippen LogP contribution is 2.27. The van der Waals surface area contributed by atoms with Gasteiger partial charge >= 0.3 is 0 Å². The maximum atomic E-state index is 12.2. The fraction of sp³-hybridized carbons (Fsp3) is 0.556. The number of hydrogen-bond acceptors (Lipinski definition) is 7. The molecule has 1 atom stereocenters. The third kappa shape index (κ3) is 4.41. The molecule has 146 valence electrons. The van der Waals surface area contributed by atoms with E-state index >= 15 is 0 Å². The van der Waals surface area contributed by atoms with Gasteiger partial charge in [0.1, 0.15) is 10.5 Å². The monoisotopic (exact) mass is 406 g/mol. The van der Waals surface area contributed by atoms with Crippen LogP contribution < -0.4 is 5.56 Å². The minimum Gasteiger partial charge on any atom is -0.309 e. The van der Waals surface area contributed by atoms with E-state index in [0.29, 0.717) is 16.3 Å². The molecule has 0 saturated heterocycles. The molecule has 0 bridgehead atoms. The molecule has 0 fully saturated rings. The van der Waals surface area contributed by atoms with Crippen LogP contribution in [0.1, 0.15) is 50.8 Å². The van der Waals surface area contributed by atoms with Crippen molar-refractivity contribution in [3.8, 4) is 0 Å². The number of H-pyrrole nitrogens is 1. The van der Waals surface area contributed by atoms with E-state index < -0.39 is 0 Å². The first-order chi connectivity index (χ1) is 13.0. The number of nitrogens with one attached hydrogen (secondary N) is 1. The molecule has 0 aromatic carbocycles. The summed E-state index contributed by atoms with van der Waals surface area (Å²) in [5, 5.41) is 11.7. The Hall–Kier alpha value is -1.71. The Balaban J connectivity index is 1.84. The van der Waals surface area contributed by atoms with Crippen molar-refractivity contribution in [3.63, 3.8) is 0 Å². The van der Waals surface area contributed by atoms with Gasteiger partial charge < -0.3 is 9.55 Å². The number of thiophene rings is 1. The van der Waals surface area contributed by atoms with Crippen LogP contribution in [0.5, 0.6) is 0 Å². The van der Waals surface area contributed by atoms with Crippen LogP contribution in [0.3, 0.4) is 0 Å². The zero-order chi connectivity index (χ0) is 19.4. The molecular weight excluding hydrogens is 380 g/mol. The Kier molecular flexibility index (Phi) is 6.67. The zero-order valence-electron chi connectivity index (χ0n) is 16.2. The second-order valence-electron chi connectivity index (χ2n) is 6.67. The maximum Gasteiger partial charge on any atom is 0.268 e. The summed E-state index contributed by atoms with van der Waals surface area (Å²) >= 11 is 2.99. The fourth-order valence-corrected chi connectivity index (χ4v) is 4.65. The molecule has 3 aromatic rings. The number of unbranched alkanes of at least 4 members (excludes halogenated alkanes) is 1. The zero-order valence-corrected chi connectivity index (χ0v) is 17.9. The van der Waals surface area contributed by atoms with Gasteiger partial charge in [0, 0.05) is 6.54 Å². The van der Waals surface area contributed by atoms with Crippen molar-refractivity contribution in [3.05, 3.63) is 33.4 Å². The lowest BCUT2D eigenvalue weighted by atomic mass is 10.2. The SMILES string of the molecule is CCCCn1c(SCc2nc3ccsc3c(=O)[nH]2)nnc1[C@@H](CC)N(C)C. The number of aromatic amines is 1. The molecule has 0 radical (unpaired) electrons. The van der Waals surface area contributed by atoms with Crippen LogP contribution >= 0.6 is 23.1 Å². The number of aromatic nitrogens is 5. The maximum absolute atomic E-state index is 12.2. The highest BCUT2D eigenvalue weighted by atomic mass is 32.2. The van der Waals surface area contributed by atoms with E-state index in [2.05, 4.69) is 57.6 Å².